The number of carbonyl (C=O) groups is 1. The molecule has 0 bridgehead atoms. The number of nitrogens with two attached hydrogens (primary N) is 1. The van der Waals surface area contributed by atoms with Gasteiger partial charge >= 0.3 is 6.09 Å². The van der Waals surface area contributed by atoms with Gasteiger partial charge in [-0.05, 0) is 23.6 Å². The van der Waals surface area contributed by atoms with Crippen LogP contribution in [-0.2, 0) is 11.3 Å². The number of para-hydroxylation sites is 1. The predicted molar refractivity (Wildman–Crippen MR) is 92.5 cm³/mol. The van der Waals surface area contributed by atoms with Crippen molar-refractivity contribution in [2.45, 2.75) is 13.0 Å². The summed E-state index contributed by atoms with van der Waals surface area (Å²) in [7, 11) is 0. The fourth-order valence-electron chi connectivity index (χ4n) is 2.02. The third-order valence-corrected chi connectivity index (χ3v) is 3.21. The van der Waals surface area contributed by atoms with Crippen molar-refractivity contribution in [3.05, 3.63) is 71.8 Å². The van der Waals surface area contributed by atoms with Gasteiger partial charge in [0, 0.05) is 6.54 Å². The molecule has 2 rings (SSSR count). The van der Waals surface area contributed by atoms with Crippen LogP contribution in [0.5, 0.6) is 0 Å². The molecule has 23 heavy (non-hydrogen) atoms. The first-order chi connectivity index (χ1) is 11.3. The van der Waals surface area contributed by atoms with Crippen LogP contribution in [0.2, 0.25) is 0 Å². The number of anilines is 1. The fourth-order valence-corrected chi connectivity index (χ4v) is 2.02. The number of rotatable bonds is 7. The molecule has 0 aromatic heterocycles. The number of hydrogen-bond acceptors (Lipinski definition) is 4. The molecule has 0 aliphatic heterocycles. The van der Waals surface area contributed by atoms with Gasteiger partial charge in [-0.1, -0.05) is 60.7 Å². The van der Waals surface area contributed by atoms with Gasteiger partial charge in [0.1, 0.15) is 6.61 Å². The molecule has 2 aromatic carbocycles. The molecule has 0 heterocycles. The van der Waals surface area contributed by atoms with Crippen molar-refractivity contribution in [3.8, 4) is 0 Å². The maximum atomic E-state index is 11.6. The zero-order valence-electron chi connectivity index (χ0n) is 12.9. The van der Waals surface area contributed by atoms with Crippen molar-refractivity contribution >= 4 is 17.9 Å². The summed E-state index contributed by atoms with van der Waals surface area (Å²) in [4.78, 5) is 11.6. The Hall–Kier alpha value is -2.79. The van der Waals surface area contributed by atoms with Gasteiger partial charge in [0.05, 0.1) is 5.69 Å². The fraction of sp³-hybridized carbons (Fsp3) is 0.167. The molecule has 5 nitrogen and oxygen atoms in total. The highest BCUT2D eigenvalue weighted by Crippen LogP contribution is 2.15. The van der Waals surface area contributed by atoms with Crippen molar-refractivity contribution in [3.63, 3.8) is 0 Å². The summed E-state index contributed by atoms with van der Waals surface area (Å²) in [5.41, 5.74) is 5.47. The van der Waals surface area contributed by atoms with Crippen LogP contribution >= 0.6 is 0 Å². The van der Waals surface area contributed by atoms with Gasteiger partial charge in [0.2, 0.25) is 0 Å². The maximum Gasteiger partial charge on any atom is 0.407 e. The number of nitrogen functional groups attached to an aromatic ring is 1. The average molecular weight is 311 g/mol. The summed E-state index contributed by atoms with van der Waals surface area (Å²) >= 11 is 0. The molecule has 1 amide bonds. The zero-order chi connectivity index (χ0) is 16.3. The SMILES string of the molecule is NNc1ccccc1C=CCCNC(=O)OCc1ccccc1. The molecule has 120 valence electrons. The average Bonchev–Trinajstić information content (AvgIpc) is 2.61. The molecule has 5 heteroatoms. The van der Waals surface area contributed by atoms with Gasteiger partial charge in [0.15, 0.2) is 0 Å². The first-order valence-corrected chi connectivity index (χ1v) is 7.46. The number of amides is 1. The highest BCUT2D eigenvalue weighted by Gasteiger charge is 2.00. The maximum absolute atomic E-state index is 11.6. The van der Waals surface area contributed by atoms with E-state index in [1.165, 1.54) is 0 Å². The Labute approximate surface area is 136 Å². The van der Waals surface area contributed by atoms with Crippen molar-refractivity contribution in [1.29, 1.82) is 0 Å². The van der Waals surface area contributed by atoms with Gasteiger partial charge in [-0.3, -0.25) is 5.84 Å². The normalized spacial score (nSPS) is 10.5. The van der Waals surface area contributed by atoms with E-state index in [4.69, 9.17) is 10.6 Å². The number of benzene rings is 2. The van der Waals surface area contributed by atoms with Gasteiger partial charge in [0.25, 0.3) is 0 Å². The first-order valence-electron chi connectivity index (χ1n) is 7.46. The molecule has 0 aliphatic rings. The van der Waals surface area contributed by atoms with Gasteiger partial charge in [-0.15, -0.1) is 0 Å². The summed E-state index contributed by atoms with van der Waals surface area (Å²) in [6.07, 6.45) is 4.24. The molecular weight excluding hydrogens is 290 g/mol. The Bertz CT molecular complexity index is 642. The Morgan fingerprint density at radius 1 is 1.09 bits per heavy atom. The highest BCUT2D eigenvalue weighted by atomic mass is 16.5. The zero-order valence-corrected chi connectivity index (χ0v) is 12.9. The van der Waals surface area contributed by atoms with E-state index in [1.807, 2.05) is 66.7 Å². The van der Waals surface area contributed by atoms with E-state index in [1.54, 1.807) is 0 Å². The van der Waals surface area contributed by atoms with Crippen molar-refractivity contribution in [1.82, 2.24) is 5.32 Å². The Morgan fingerprint density at radius 3 is 2.61 bits per heavy atom. The third-order valence-electron chi connectivity index (χ3n) is 3.21. The second-order valence-electron chi connectivity index (χ2n) is 4.91. The van der Waals surface area contributed by atoms with Crippen LogP contribution in [-0.4, -0.2) is 12.6 Å². The van der Waals surface area contributed by atoms with Crippen molar-refractivity contribution in [2.75, 3.05) is 12.0 Å². The number of hydrazine groups is 1. The predicted octanol–water partition coefficient (Wildman–Crippen LogP) is 3.30. The van der Waals surface area contributed by atoms with E-state index in [-0.39, 0.29) is 6.61 Å². The molecular formula is C18H21N3O2. The first kappa shape index (κ1) is 16.6. The lowest BCUT2D eigenvalue weighted by molar-refractivity contribution is 0.140. The summed E-state index contributed by atoms with van der Waals surface area (Å²) in [5, 5.41) is 2.72. The second-order valence-corrected chi connectivity index (χ2v) is 4.91. The van der Waals surface area contributed by atoms with E-state index < -0.39 is 6.09 Å². The minimum atomic E-state index is -0.411. The smallest absolute Gasteiger partial charge is 0.407 e. The van der Waals surface area contributed by atoms with Crippen LogP contribution in [0, 0.1) is 0 Å². The molecule has 0 fully saturated rings. The Balaban J connectivity index is 1.66. The monoisotopic (exact) mass is 311 g/mol. The third kappa shape index (κ3) is 5.84. The summed E-state index contributed by atoms with van der Waals surface area (Å²) in [6.45, 7) is 0.792. The lowest BCUT2D eigenvalue weighted by atomic mass is 10.1. The van der Waals surface area contributed by atoms with Crippen LogP contribution in [0.15, 0.2) is 60.7 Å². The number of ether oxygens (including phenoxy) is 1. The van der Waals surface area contributed by atoms with Crippen LogP contribution < -0.4 is 16.6 Å². The van der Waals surface area contributed by atoms with Crippen LogP contribution in [0.4, 0.5) is 10.5 Å². The van der Waals surface area contributed by atoms with E-state index in [0.717, 1.165) is 16.8 Å². The minimum absolute atomic E-state index is 0.276. The van der Waals surface area contributed by atoms with Crippen LogP contribution in [0.3, 0.4) is 0 Å². The minimum Gasteiger partial charge on any atom is -0.445 e. The summed E-state index contributed by atoms with van der Waals surface area (Å²) in [6, 6.07) is 17.3. The molecule has 0 saturated carbocycles. The number of nitrogens with one attached hydrogen (secondary N) is 2. The van der Waals surface area contributed by atoms with E-state index in [2.05, 4.69) is 10.7 Å². The van der Waals surface area contributed by atoms with Crippen molar-refractivity contribution < 1.29 is 9.53 Å². The lowest BCUT2D eigenvalue weighted by Gasteiger charge is -2.06. The molecule has 0 radical (unpaired) electrons. The molecule has 0 unspecified atom stereocenters. The Kier molecular flexibility index (Phi) is 6.68. The van der Waals surface area contributed by atoms with Crippen LogP contribution in [0.1, 0.15) is 17.5 Å². The Morgan fingerprint density at radius 2 is 1.83 bits per heavy atom. The highest BCUT2D eigenvalue weighted by molar-refractivity contribution is 5.67. The number of carbonyl (C=O) groups excluding carboxylic acids is 1. The molecule has 4 N–H and O–H groups in total. The molecule has 2 aromatic rings. The number of hydrogen-bond donors (Lipinski definition) is 3. The molecule has 0 atom stereocenters. The van der Waals surface area contributed by atoms with Crippen molar-refractivity contribution in [2.24, 2.45) is 5.84 Å². The largest absolute Gasteiger partial charge is 0.445 e. The molecule has 0 saturated heterocycles. The van der Waals surface area contributed by atoms with E-state index >= 15 is 0 Å². The van der Waals surface area contributed by atoms with Gasteiger partial charge in [-0.25, -0.2) is 4.79 Å². The van der Waals surface area contributed by atoms with E-state index in [0.29, 0.717) is 13.0 Å². The summed E-state index contributed by atoms with van der Waals surface area (Å²) in [5.74, 6) is 5.44. The molecule has 0 spiro atoms. The summed E-state index contributed by atoms with van der Waals surface area (Å²) < 4.78 is 5.13. The van der Waals surface area contributed by atoms with Gasteiger partial charge < -0.3 is 15.5 Å². The lowest BCUT2D eigenvalue weighted by Crippen LogP contribution is -2.24. The second kappa shape index (κ2) is 9.27. The van der Waals surface area contributed by atoms with E-state index in [9.17, 15) is 4.79 Å². The quantitative estimate of drug-likeness (QED) is 0.416. The number of alkyl carbamates (subject to hydrolysis) is 1. The topological polar surface area (TPSA) is 76.4 Å². The molecule has 0 aliphatic carbocycles. The van der Waals surface area contributed by atoms with Gasteiger partial charge in [-0.2, -0.15) is 0 Å². The van der Waals surface area contributed by atoms with Crippen LogP contribution in [0.25, 0.3) is 6.08 Å². The standard InChI is InChI=1S/C18H21N3O2/c19-21-17-12-5-4-10-16(17)11-6-7-13-20-18(22)23-14-15-8-2-1-3-9-15/h1-6,8-12,21H,7,13-14,19H2,(H,20,22).